The number of nitrogen functional groups attached to an aromatic ring is 1. The monoisotopic (exact) mass is 420 g/mol. The van der Waals surface area contributed by atoms with Crippen LogP contribution in [0.15, 0.2) is 73.3 Å². The third kappa shape index (κ3) is 6.67. The molecule has 160 valence electrons. The molecule has 0 unspecified atom stereocenters. The van der Waals surface area contributed by atoms with E-state index in [1.807, 2.05) is 57.2 Å². The van der Waals surface area contributed by atoms with Crippen molar-refractivity contribution in [2.45, 2.75) is 26.4 Å². The van der Waals surface area contributed by atoms with Crippen molar-refractivity contribution in [3.63, 3.8) is 0 Å². The summed E-state index contributed by atoms with van der Waals surface area (Å²) in [5.41, 5.74) is 8.27. The second kappa shape index (κ2) is 9.53. The number of nitrogens with two attached hydrogens (primary N) is 1. The molecule has 31 heavy (non-hydrogen) atoms. The fourth-order valence-electron chi connectivity index (χ4n) is 2.44. The van der Waals surface area contributed by atoms with E-state index in [4.69, 9.17) is 10.5 Å². The number of nitrogens with zero attached hydrogens (tertiary/aromatic N) is 6. The van der Waals surface area contributed by atoms with Crippen molar-refractivity contribution in [1.82, 2.24) is 30.0 Å². The van der Waals surface area contributed by atoms with Crippen molar-refractivity contribution in [2.75, 3.05) is 11.1 Å². The molecule has 4 aromatic rings. The number of carbonyl (C=O) groups excluding carboxylic acids is 1. The lowest BCUT2D eigenvalue weighted by Gasteiger charge is -2.19. The van der Waals surface area contributed by atoms with Crippen LogP contribution in [-0.4, -0.2) is 41.7 Å². The molecular weight excluding hydrogens is 396 g/mol. The van der Waals surface area contributed by atoms with E-state index < -0.39 is 11.7 Å². The number of rotatable bonds is 3. The Morgan fingerprint density at radius 3 is 1.77 bits per heavy atom. The summed E-state index contributed by atoms with van der Waals surface area (Å²) in [7, 11) is 0. The van der Waals surface area contributed by atoms with Crippen LogP contribution in [0, 0.1) is 0 Å². The van der Waals surface area contributed by atoms with E-state index in [9.17, 15) is 4.79 Å². The maximum absolute atomic E-state index is 11.6. The Bertz CT molecular complexity index is 1070. The first-order chi connectivity index (χ1) is 14.8. The first-order valence-corrected chi connectivity index (χ1v) is 9.49. The highest BCUT2D eigenvalue weighted by Crippen LogP contribution is 2.14. The third-order valence-corrected chi connectivity index (χ3v) is 3.78. The van der Waals surface area contributed by atoms with Crippen LogP contribution in [0.1, 0.15) is 20.8 Å². The first-order valence-electron chi connectivity index (χ1n) is 9.49. The van der Waals surface area contributed by atoms with Gasteiger partial charge in [-0.05, 0) is 69.3 Å². The summed E-state index contributed by atoms with van der Waals surface area (Å²) < 4.78 is 8.48. The normalized spacial score (nSPS) is 10.7. The van der Waals surface area contributed by atoms with Crippen LogP contribution in [-0.2, 0) is 4.74 Å². The minimum absolute atomic E-state index is 0.471. The van der Waals surface area contributed by atoms with Crippen LogP contribution in [0.25, 0.3) is 11.4 Å². The van der Waals surface area contributed by atoms with Crippen LogP contribution in [0.5, 0.6) is 0 Å². The van der Waals surface area contributed by atoms with Gasteiger partial charge in [-0.25, -0.2) is 14.2 Å². The first kappa shape index (κ1) is 21.5. The van der Waals surface area contributed by atoms with Gasteiger partial charge in [0, 0.05) is 11.4 Å². The Labute approximate surface area is 179 Å². The summed E-state index contributed by atoms with van der Waals surface area (Å²) in [6.07, 6.45) is 6.30. The summed E-state index contributed by atoms with van der Waals surface area (Å²) in [6, 6.07) is 14.7. The number of hydrogen-bond acceptors (Lipinski definition) is 7. The molecule has 0 aliphatic carbocycles. The Balaban J connectivity index is 0.000000194. The average molecular weight is 420 g/mol. The van der Waals surface area contributed by atoms with Gasteiger partial charge in [0.15, 0.2) is 0 Å². The van der Waals surface area contributed by atoms with Gasteiger partial charge in [-0.3, -0.25) is 5.32 Å². The number of hydrogen-bond donors (Lipinski definition) is 2. The Kier molecular flexibility index (Phi) is 6.61. The van der Waals surface area contributed by atoms with Gasteiger partial charge in [0.2, 0.25) is 0 Å². The van der Waals surface area contributed by atoms with Crippen LogP contribution in [0.4, 0.5) is 16.2 Å². The molecule has 0 radical (unpaired) electrons. The Hall–Kier alpha value is -4.21. The van der Waals surface area contributed by atoms with Gasteiger partial charge < -0.3 is 10.5 Å². The van der Waals surface area contributed by atoms with E-state index in [2.05, 4.69) is 25.9 Å². The van der Waals surface area contributed by atoms with Crippen molar-refractivity contribution in [3.05, 3.63) is 73.3 Å². The van der Waals surface area contributed by atoms with Crippen molar-refractivity contribution < 1.29 is 9.53 Å². The zero-order chi connectivity index (χ0) is 22.3. The summed E-state index contributed by atoms with van der Waals surface area (Å²) in [5.74, 6) is 0. The van der Waals surface area contributed by atoms with E-state index >= 15 is 0 Å². The van der Waals surface area contributed by atoms with Crippen molar-refractivity contribution in [2.24, 2.45) is 0 Å². The Morgan fingerprint density at radius 2 is 1.35 bits per heavy atom. The molecule has 4 rings (SSSR count). The van der Waals surface area contributed by atoms with Gasteiger partial charge in [-0.1, -0.05) is 10.4 Å². The van der Waals surface area contributed by atoms with E-state index in [0.717, 1.165) is 17.1 Å². The smallest absolute Gasteiger partial charge is 0.412 e. The maximum Gasteiger partial charge on any atom is 0.412 e. The van der Waals surface area contributed by atoms with Gasteiger partial charge in [0.25, 0.3) is 0 Å². The van der Waals surface area contributed by atoms with Crippen LogP contribution < -0.4 is 11.1 Å². The number of carbonyl (C=O) groups is 1. The minimum Gasteiger partial charge on any atom is -0.444 e. The molecule has 0 saturated carbocycles. The molecule has 2 aromatic heterocycles. The number of ether oxygens (including phenoxy) is 1. The van der Waals surface area contributed by atoms with Crippen molar-refractivity contribution in [3.8, 4) is 11.4 Å². The SMILES string of the molecule is CC(C)(C)OC(=O)Nc1ccc(-n2ccnn2)cc1.Nc1ccc(-n2ccnn2)cc1. The predicted molar refractivity (Wildman–Crippen MR) is 117 cm³/mol. The third-order valence-electron chi connectivity index (χ3n) is 3.78. The van der Waals surface area contributed by atoms with Crippen molar-refractivity contribution in [1.29, 1.82) is 0 Å². The molecule has 2 heterocycles. The molecule has 3 N–H and O–H groups in total. The average Bonchev–Trinajstić information content (AvgIpc) is 3.43. The van der Waals surface area contributed by atoms with Gasteiger partial charge in [0.1, 0.15) is 5.60 Å². The van der Waals surface area contributed by atoms with Gasteiger partial charge in [-0.2, -0.15) is 0 Å². The molecule has 0 aliphatic rings. The molecule has 0 atom stereocenters. The molecule has 1 amide bonds. The van der Waals surface area contributed by atoms with E-state index in [1.165, 1.54) is 0 Å². The zero-order valence-electron chi connectivity index (χ0n) is 17.5. The fraction of sp³-hybridized carbons (Fsp3) is 0.190. The lowest BCUT2D eigenvalue weighted by molar-refractivity contribution is 0.0636. The summed E-state index contributed by atoms with van der Waals surface area (Å²) in [5, 5.41) is 17.8. The van der Waals surface area contributed by atoms with E-state index in [1.54, 1.807) is 46.3 Å². The van der Waals surface area contributed by atoms with Gasteiger partial charge >= 0.3 is 6.09 Å². The highest BCUT2D eigenvalue weighted by molar-refractivity contribution is 5.84. The van der Waals surface area contributed by atoms with Gasteiger partial charge in [-0.15, -0.1) is 10.2 Å². The maximum atomic E-state index is 11.6. The van der Waals surface area contributed by atoms with Crippen LogP contribution in [0.3, 0.4) is 0 Å². The number of nitrogens with one attached hydrogen (secondary N) is 1. The largest absolute Gasteiger partial charge is 0.444 e. The molecule has 0 spiro atoms. The molecule has 0 fully saturated rings. The molecule has 0 bridgehead atoms. The molecule has 2 aromatic carbocycles. The number of aromatic nitrogens is 6. The standard InChI is InChI=1S/C13H16N4O2.C8H8N4/c1-13(2,3)19-12(18)15-10-4-6-11(7-5-10)17-9-8-14-16-17;9-7-1-3-8(4-2-7)12-6-5-10-11-12/h4-9H,1-3H3,(H,15,18);1-6H,9H2. The van der Waals surface area contributed by atoms with Crippen molar-refractivity contribution >= 4 is 17.5 Å². The van der Waals surface area contributed by atoms with Crippen LogP contribution >= 0.6 is 0 Å². The number of anilines is 2. The van der Waals surface area contributed by atoms with Crippen LogP contribution in [0.2, 0.25) is 0 Å². The quantitative estimate of drug-likeness (QED) is 0.486. The topological polar surface area (TPSA) is 126 Å². The molecule has 10 nitrogen and oxygen atoms in total. The second-order valence-electron chi connectivity index (χ2n) is 7.46. The van der Waals surface area contributed by atoms with E-state index in [-0.39, 0.29) is 0 Å². The van der Waals surface area contributed by atoms with E-state index in [0.29, 0.717) is 5.69 Å². The lowest BCUT2D eigenvalue weighted by atomic mass is 10.2. The molecule has 0 aliphatic heterocycles. The highest BCUT2D eigenvalue weighted by atomic mass is 16.6. The summed E-state index contributed by atoms with van der Waals surface area (Å²) in [6.45, 7) is 5.46. The number of amides is 1. The highest BCUT2D eigenvalue weighted by Gasteiger charge is 2.16. The number of benzene rings is 2. The summed E-state index contributed by atoms with van der Waals surface area (Å²) in [4.78, 5) is 11.6. The minimum atomic E-state index is -0.509. The molecular formula is C21H24N8O2. The molecule has 10 heteroatoms. The fourth-order valence-corrected chi connectivity index (χ4v) is 2.44. The zero-order valence-corrected chi connectivity index (χ0v) is 17.5. The lowest BCUT2D eigenvalue weighted by Crippen LogP contribution is -2.27. The Morgan fingerprint density at radius 1 is 0.871 bits per heavy atom. The molecule has 0 saturated heterocycles. The van der Waals surface area contributed by atoms with Gasteiger partial charge in [0.05, 0.1) is 36.2 Å². The predicted octanol–water partition coefficient (Wildman–Crippen LogP) is 3.46. The summed E-state index contributed by atoms with van der Waals surface area (Å²) >= 11 is 0. The second-order valence-corrected chi connectivity index (χ2v) is 7.46.